The third-order valence-electron chi connectivity index (χ3n) is 4.36. The van der Waals surface area contributed by atoms with E-state index in [0.29, 0.717) is 0 Å². The summed E-state index contributed by atoms with van der Waals surface area (Å²) in [7, 11) is 0. The second kappa shape index (κ2) is 5.09. The minimum atomic E-state index is -0.0561. The maximum atomic E-state index is 9.48. The summed E-state index contributed by atoms with van der Waals surface area (Å²) in [6.07, 6.45) is 0. The average molecular weight is 288 g/mol. The van der Waals surface area contributed by atoms with E-state index in [-0.39, 0.29) is 13.2 Å². The molecular weight excluding hydrogens is 272 g/mol. The summed E-state index contributed by atoms with van der Waals surface area (Å²) in [5.74, 6) is 0. The third kappa shape index (κ3) is 1.97. The first kappa shape index (κ1) is 13.3. The highest BCUT2D eigenvalue weighted by atomic mass is 16.3. The molecule has 0 saturated heterocycles. The fraction of sp³-hybridized carbons (Fsp3) is 0.100. The summed E-state index contributed by atoms with van der Waals surface area (Å²) >= 11 is 0. The molecule has 108 valence electrons. The van der Waals surface area contributed by atoms with Crippen molar-refractivity contribution < 1.29 is 10.2 Å². The Kier molecular flexibility index (Phi) is 3.07. The van der Waals surface area contributed by atoms with Crippen molar-refractivity contribution >= 4 is 32.3 Å². The highest BCUT2D eigenvalue weighted by Crippen LogP contribution is 2.31. The van der Waals surface area contributed by atoms with Crippen molar-refractivity contribution in [3.63, 3.8) is 0 Å². The number of aliphatic hydroxyl groups excluding tert-OH is 2. The SMILES string of the molecule is OCc1cc2cc3ccc4ccccc4c3cc2cc1CO. The lowest BCUT2D eigenvalue weighted by Crippen LogP contribution is -1.94. The molecule has 0 bridgehead atoms. The van der Waals surface area contributed by atoms with E-state index in [0.717, 1.165) is 21.9 Å². The van der Waals surface area contributed by atoms with E-state index < -0.39 is 0 Å². The molecule has 0 spiro atoms. The van der Waals surface area contributed by atoms with Crippen LogP contribution in [-0.4, -0.2) is 10.2 Å². The first-order chi connectivity index (χ1) is 10.8. The molecule has 2 nitrogen and oxygen atoms in total. The summed E-state index contributed by atoms with van der Waals surface area (Å²) in [5.41, 5.74) is 1.57. The van der Waals surface area contributed by atoms with Gasteiger partial charge in [0.15, 0.2) is 0 Å². The van der Waals surface area contributed by atoms with Gasteiger partial charge >= 0.3 is 0 Å². The number of benzene rings is 4. The predicted octanol–water partition coefficient (Wildman–Crippen LogP) is 4.13. The smallest absolute Gasteiger partial charge is 0.0685 e. The largest absolute Gasteiger partial charge is 0.392 e. The van der Waals surface area contributed by atoms with Gasteiger partial charge in [-0.25, -0.2) is 0 Å². The van der Waals surface area contributed by atoms with E-state index in [1.54, 1.807) is 0 Å². The predicted molar refractivity (Wildman–Crippen MR) is 90.8 cm³/mol. The Hall–Kier alpha value is -2.42. The zero-order valence-corrected chi connectivity index (χ0v) is 12.1. The monoisotopic (exact) mass is 288 g/mol. The van der Waals surface area contributed by atoms with Gasteiger partial charge < -0.3 is 10.2 Å². The lowest BCUT2D eigenvalue weighted by Gasteiger charge is -2.10. The molecule has 0 aliphatic carbocycles. The molecule has 0 amide bonds. The molecule has 4 aromatic carbocycles. The highest BCUT2D eigenvalue weighted by molar-refractivity contribution is 6.12. The molecule has 0 heterocycles. The Balaban J connectivity index is 2.12. The van der Waals surface area contributed by atoms with Crippen LogP contribution < -0.4 is 0 Å². The van der Waals surface area contributed by atoms with Gasteiger partial charge in [0.1, 0.15) is 0 Å². The van der Waals surface area contributed by atoms with Crippen LogP contribution in [0, 0.1) is 0 Å². The van der Waals surface area contributed by atoms with Gasteiger partial charge in [0.05, 0.1) is 13.2 Å². The molecule has 0 aromatic heterocycles. The van der Waals surface area contributed by atoms with E-state index in [2.05, 4.69) is 42.5 Å². The van der Waals surface area contributed by atoms with Crippen LogP contribution in [0.2, 0.25) is 0 Å². The molecule has 0 aliphatic rings. The number of aliphatic hydroxyl groups is 2. The molecule has 0 radical (unpaired) electrons. The standard InChI is InChI=1S/C20H16O2/c21-11-17-8-15-7-14-6-5-13-3-1-2-4-19(13)20(14)10-16(15)9-18(17)12-22/h1-10,21-22H,11-12H2. The van der Waals surface area contributed by atoms with Gasteiger partial charge in [-0.2, -0.15) is 0 Å². The van der Waals surface area contributed by atoms with Crippen LogP contribution in [0.4, 0.5) is 0 Å². The molecule has 2 heteroatoms. The molecular formula is C20H16O2. The molecule has 0 saturated carbocycles. The second-order valence-corrected chi connectivity index (χ2v) is 5.64. The van der Waals surface area contributed by atoms with E-state index in [1.807, 2.05) is 18.2 Å². The number of rotatable bonds is 2. The number of fused-ring (bicyclic) bond motifs is 4. The van der Waals surface area contributed by atoms with Crippen molar-refractivity contribution in [2.45, 2.75) is 13.2 Å². The maximum absolute atomic E-state index is 9.48. The first-order valence-corrected chi connectivity index (χ1v) is 7.39. The Morgan fingerprint density at radius 1 is 0.545 bits per heavy atom. The van der Waals surface area contributed by atoms with Crippen molar-refractivity contribution in [2.24, 2.45) is 0 Å². The lowest BCUT2D eigenvalue weighted by atomic mass is 9.95. The molecule has 4 aromatic rings. The van der Waals surface area contributed by atoms with E-state index >= 15 is 0 Å². The Labute approximate surface area is 128 Å². The van der Waals surface area contributed by atoms with Gasteiger partial charge in [-0.1, -0.05) is 36.4 Å². The Morgan fingerprint density at radius 2 is 1.18 bits per heavy atom. The molecule has 0 unspecified atom stereocenters. The third-order valence-corrected chi connectivity index (χ3v) is 4.36. The molecule has 4 rings (SSSR count). The molecule has 0 atom stereocenters. The van der Waals surface area contributed by atoms with E-state index in [9.17, 15) is 10.2 Å². The summed E-state index contributed by atoms with van der Waals surface area (Å²) in [5, 5.41) is 26.0. The highest BCUT2D eigenvalue weighted by Gasteiger charge is 2.07. The minimum absolute atomic E-state index is 0.0540. The fourth-order valence-electron chi connectivity index (χ4n) is 3.19. The average Bonchev–Trinajstić information content (AvgIpc) is 2.58. The molecule has 2 N–H and O–H groups in total. The quantitative estimate of drug-likeness (QED) is 0.430. The number of hydrogen-bond acceptors (Lipinski definition) is 2. The van der Waals surface area contributed by atoms with Gasteiger partial charge in [0.2, 0.25) is 0 Å². The van der Waals surface area contributed by atoms with Crippen LogP contribution in [-0.2, 0) is 13.2 Å². The second-order valence-electron chi connectivity index (χ2n) is 5.64. The van der Waals surface area contributed by atoms with E-state index in [4.69, 9.17) is 0 Å². The van der Waals surface area contributed by atoms with Crippen molar-refractivity contribution in [1.82, 2.24) is 0 Å². The van der Waals surface area contributed by atoms with Crippen molar-refractivity contribution in [3.05, 3.63) is 71.8 Å². The van der Waals surface area contributed by atoms with Gasteiger partial charge in [0.25, 0.3) is 0 Å². The van der Waals surface area contributed by atoms with Gasteiger partial charge in [-0.05, 0) is 67.7 Å². The van der Waals surface area contributed by atoms with Crippen LogP contribution >= 0.6 is 0 Å². The Bertz CT molecular complexity index is 1000. The van der Waals surface area contributed by atoms with Gasteiger partial charge in [-0.15, -0.1) is 0 Å². The zero-order chi connectivity index (χ0) is 15.1. The fourth-order valence-corrected chi connectivity index (χ4v) is 3.19. The van der Waals surface area contributed by atoms with Crippen LogP contribution in [0.15, 0.2) is 60.7 Å². The summed E-state index contributed by atoms with van der Waals surface area (Å²) in [4.78, 5) is 0. The van der Waals surface area contributed by atoms with Gasteiger partial charge in [0, 0.05) is 0 Å². The topological polar surface area (TPSA) is 40.5 Å². The number of hydrogen-bond donors (Lipinski definition) is 2. The summed E-state index contributed by atoms with van der Waals surface area (Å²) < 4.78 is 0. The van der Waals surface area contributed by atoms with E-state index in [1.165, 1.54) is 21.5 Å². The van der Waals surface area contributed by atoms with Gasteiger partial charge in [-0.3, -0.25) is 0 Å². The maximum Gasteiger partial charge on any atom is 0.0685 e. The molecule has 0 fully saturated rings. The van der Waals surface area contributed by atoms with Crippen LogP contribution in [0.25, 0.3) is 32.3 Å². The molecule has 22 heavy (non-hydrogen) atoms. The Morgan fingerprint density at radius 3 is 1.91 bits per heavy atom. The molecule has 0 aliphatic heterocycles. The normalized spacial score (nSPS) is 11.5. The van der Waals surface area contributed by atoms with Crippen molar-refractivity contribution in [3.8, 4) is 0 Å². The lowest BCUT2D eigenvalue weighted by molar-refractivity contribution is 0.260. The minimum Gasteiger partial charge on any atom is -0.392 e. The zero-order valence-electron chi connectivity index (χ0n) is 12.1. The first-order valence-electron chi connectivity index (χ1n) is 7.39. The van der Waals surface area contributed by atoms with Crippen molar-refractivity contribution in [1.29, 1.82) is 0 Å². The van der Waals surface area contributed by atoms with Crippen molar-refractivity contribution in [2.75, 3.05) is 0 Å². The summed E-state index contributed by atoms with van der Waals surface area (Å²) in [6, 6.07) is 20.9. The van der Waals surface area contributed by atoms with Crippen LogP contribution in [0.5, 0.6) is 0 Å². The van der Waals surface area contributed by atoms with Crippen LogP contribution in [0.3, 0.4) is 0 Å². The van der Waals surface area contributed by atoms with Crippen LogP contribution in [0.1, 0.15) is 11.1 Å². The summed E-state index contributed by atoms with van der Waals surface area (Å²) in [6.45, 7) is -0.110.